The minimum Gasteiger partial charge on any atom is -0.457 e. The molecule has 2 heterocycles. The number of ether oxygens (including phenoxy) is 3. The van der Waals surface area contributed by atoms with Gasteiger partial charge in [0, 0.05) is 12.3 Å². The molecule has 0 bridgehead atoms. The second-order valence-corrected chi connectivity index (χ2v) is 9.94. The molecule has 0 saturated carbocycles. The van der Waals surface area contributed by atoms with Crippen molar-refractivity contribution in [3.05, 3.63) is 12.2 Å². The summed E-state index contributed by atoms with van der Waals surface area (Å²) >= 11 is 0. The van der Waals surface area contributed by atoms with E-state index in [9.17, 15) is 15.0 Å². The Kier molecular flexibility index (Phi) is 13.6. The quantitative estimate of drug-likeness (QED) is 0.165. The number of aliphatic hydroxyl groups excluding tert-OH is 2. The number of hydrogen-bond donors (Lipinski definition) is 2. The van der Waals surface area contributed by atoms with E-state index in [4.69, 9.17) is 14.2 Å². The van der Waals surface area contributed by atoms with Gasteiger partial charge in [-0.2, -0.15) is 0 Å². The lowest BCUT2D eigenvalue weighted by atomic mass is 9.77. The number of esters is 1. The predicted molar refractivity (Wildman–Crippen MR) is 130 cm³/mol. The third-order valence-electron chi connectivity index (χ3n) is 7.20. The Morgan fingerprint density at radius 3 is 2.12 bits per heavy atom. The SMILES string of the molecule is CCCCCCCCC=CCCCCCCCC(=O)O[C@@H]1[C@@H](O)CO[C@@H]1[C@@]1(CO)OCC1C. The Labute approximate surface area is 201 Å². The number of aliphatic hydroxyl groups is 2. The standard InChI is InChI=1S/C27H48O6/c1-3-4-5-6-7-8-9-10-11-12-13-14-15-16-17-18-24(30)33-25-23(29)20-31-26(25)27(21-28)22(2)19-32-27/h10-11,22-23,25-26,28-29H,3-9,12-21H2,1-2H3/t22?,23-,25+,26-,27-/m0/s1. The molecule has 2 saturated heterocycles. The molecule has 0 aromatic heterocycles. The van der Waals surface area contributed by atoms with Gasteiger partial charge in [0.15, 0.2) is 6.10 Å². The summed E-state index contributed by atoms with van der Waals surface area (Å²) in [5.74, 6) is -0.225. The first-order valence-electron chi connectivity index (χ1n) is 13.4. The van der Waals surface area contributed by atoms with Crippen molar-refractivity contribution in [2.24, 2.45) is 5.92 Å². The van der Waals surface area contributed by atoms with Crippen LogP contribution in [0.25, 0.3) is 0 Å². The van der Waals surface area contributed by atoms with E-state index in [2.05, 4.69) is 19.1 Å². The largest absolute Gasteiger partial charge is 0.457 e. The van der Waals surface area contributed by atoms with Crippen molar-refractivity contribution in [2.75, 3.05) is 19.8 Å². The van der Waals surface area contributed by atoms with Crippen LogP contribution in [0.4, 0.5) is 0 Å². The Bertz CT molecular complexity index is 561. The van der Waals surface area contributed by atoms with Crippen molar-refractivity contribution in [1.82, 2.24) is 0 Å². The second-order valence-electron chi connectivity index (χ2n) is 9.94. The summed E-state index contributed by atoms with van der Waals surface area (Å²) in [6.45, 7) is 4.64. The maximum absolute atomic E-state index is 12.3. The molecule has 2 N–H and O–H groups in total. The molecule has 0 radical (unpaired) electrons. The molecular weight excluding hydrogens is 420 g/mol. The van der Waals surface area contributed by atoms with Gasteiger partial charge < -0.3 is 24.4 Å². The number of rotatable bonds is 18. The molecule has 0 aromatic carbocycles. The lowest BCUT2D eigenvalue weighted by molar-refractivity contribution is -0.275. The monoisotopic (exact) mass is 468 g/mol. The van der Waals surface area contributed by atoms with Crippen LogP contribution in [0, 0.1) is 5.92 Å². The minimum absolute atomic E-state index is 0.0874. The molecule has 5 atom stereocenters. The molecule has 2 fully saturated rings. The van der Waals surface area contributed by atoms with Crippen LogP contribution in [0.5, 0.6) is 0 Å². The highest BCUT2D eigenvalue weighted by Crippen LogP contribution is 2.41. The summed E-state index contributed by atoms with van der Waals surface area (Å²) in [5, 5.41) is 20.1. The Morgan fingerprint density at radius 2 is 1.58 bits per heavy atom. The van der Waals surface area contributed by atoms with Crippen LogP contribution in [0.2, 0.25) is 0 Å². The van der Waals surface area contributed by atoms with E-state index in [0.717, 1.165) is 25.7 Å². The Balaban J connectivity index is 1.49. The fraction of sp³-hybridized carbons (Fsp3) is 0.889. The molecule has 6 nitrogen and oxygen atoms in total. The van der Waals surface area contributed by atoms with Gasteiger partial charge in [-0.1, -0.05) is 77.4 Å². The highest BCUT2D eigenvalue weighted by atomic mass is 16.6. The van der Waals surface area contributed by atoms with Crippen LogP contribution in [0.3, 0.4) is 0 Å². The van der Waals surface area contributed by atoms with Crippen molar-refractivity contribution >= 4 is 5.97 Å². The van der Waals surface area contributed by atoms with Crippen molar-refractivity contribution in [1.29, 1.82) is 0 Å². The molecule has 6 heteroatoms. The van der Waals surface area contributed by atoms with Gasteiger partial charge in [0.25, 0.3) is 0 Å². The third kappa shape index (κ3) is 8.97. The average Bonchev–Trinajstić information content (AvgIpc) is 3.16. The summed E-state index contributed by atoms with van der Waals surface area (Å²) < 4.78 is 16.9. The molecule has 2 rings (SSSR count). The number of carbonyl (C=O) groups excluding carboxylic acids is 1. The van der Waals surface area contributed by atoms with E-state index < -0.39 is 23.9 Å². The van der Waals surface area contributed by atoms with Crippen molar-refractivity contribution in [3.63, 3.8) is 0 Å². The molecule has 0 aromatic rings. The maximum Gasteiger partial charge on any atom is 0.306 e. The molecule has 0 aliphatic carbocycles. The first-order chi connectivity index (χ1) is 16.0. The number of hydrogen-bond acceptors (Lipinski definition) is 6. The lowest BCUT2D eigenvalue weighted by Gasteiger charge is -2.50. The number of unbranched alkanes of at least 4 members (excludes halogenated alkanes) is 11. The van der Waals surface area contributed by atoms with Crippen LogP contribution in [-0.2, 0) is 19.0 Å². The summed E-state index contributed by atoms with van der Waals surface area (Å²) in [6.07, 6.45) is 18.5. The molecular formula is C27H48O6. The molecule has 192 valence electrons. The van der Waals surface area contributed by atoms with Gasteiger partial charge in [-0.25, -0.2) is 0 Å². The van der Waals surface area contributed by atoms with Crippen LogP contribution in [0.1, 0.15) is 104 Å². The van der Waals surface area contributed by atoms with E-state index >= 15 is 0 Å². The van der Waals surface area contributed by atoms with Crippen molar-refractivity contribution in [3.8, 4) is 0 Å². The van der Waals surface area contributed by atoms with Gasteiger partial charge in [-0.3, -0.25) is 4.79 Å². The van der Waals surface area contributed by atoms with E-state index in [0.29, 0.717) is 13.0 Å². The van der Waals surface area contributed by atoms with Crippen LogP contribution < -0.4 is 0 Å². The highest BCUT2D eigenvalue weighted by Gasteiger charge is 2.59. The summed E-state index contributed by atoms with van der Waals surface area (Å²) in [4.78, 5) is 12.3. The van der Waals surface area contributed by atoms with E-state index in [1.165, 1.54) is 57.8 Å². The van der Waals surface area contributed by atoms with Gasteiger partial charge in [-0.15, -0.1) is 0 Å². The maximum atomic E-state index is 12.3. The smallest absolute Gasteiger partial charge is 0.306 e. The zero-order valence-electron chi connectivity index (χ0n) is 21.0. The van der Waals surface area contributed by atoms with Crippen LogP contribution >= 0.6 is 0 Å². The first kappa shape index (κ1) is 28.3. The molecule has 2 aliphatic heterocycles. The van der Waals surface area contributed by atoms with Crippen molar-refractivity contribution < 1.29 is 29.2 Å². The summed E-state index contributed by atoms with van der Waals surface area (Å²) in [5.41, 5.74) is -0.883. The van der Waals surface area contributed by atoms with Gasteiger partial charge >= 0.3 is 5.97 Å². The van der Waals surface area contributed by atoms with Crippen LogP contribution in [0.15, 0.2) is 12.2 Å². The second kappa shape index (κ2) is 15.9. The van der Waals surface area contributed by atoms with E-state index in [-0.39, 0.29) is 25.1 Å². The third-order valence-corrected chi connectivity index (χ3v) is 7.20. The summed E-state index contributed by atoms with van der Waals surface area (Å²) in [7, 11) is 0. The molecule has 2 aliphatic rings. The first-order valence-corrected chi connectivity index (χ1v) is 13.4. The van der Waals surface area contributed by atoms with Gasteiger partial charge in [-0.05, 0) is 32.1 Å². The zero-order valence-corrected chi connectivity index (χ0v) is 21.0. The van der Waals surface area contributed by atoms with E-state index in [1.807, 2.05) is 6.92 Å². The van der Waals surface area contributed by atoms with Gasteiger partial charge in [0.2, 0.25) is 0 Å². The molecule has 0 spiro atoms. The van der Waals surface area contributed by atoms with Gasteiger partial charge in [0.1, 0.15) is 17.8 Å². The van der Waals surface area contributed by atoms with Crippen molar-refractivity contribution in [2.45, 2.75) is 128 Å². The van der Waals surface area contributed by atoms with E-state index in [1.54, 1.807) is 0 Å². The summed E-state index contributed by atoms with van der Waals surface area (Å²) in [6, 6.07) is 0. The zero-order chi connectivity index (χ0) is 23.9. The number of allylic oxidation sites excluding steroid dienone is 2. The molecule has 1 unspecified atom stereocenters. The van der Waals surface area contributed by atoms with Gasteiger partial charge in [0.05, 0.1) is 19.8 Å². The Hall–Kier alpha value is -0.950. The fourth-order valence-electron chi connectivity index (χ4n) is 4.82. The Morgan fingerprint density at radius 1 is 0.970 bits per heavy atom. The molecule has 33 heavy (non-hydrogen) atoms. The lowest BCUT2D eigenvalue weighted by Crippen LogP contribution is -2.66. The normalized spacial score (nSPS) is 29.5. The fourth-order valence-corrected chi connectivity index (χ4v) is 4.82. The average molecular weight is 469 g/mol. The predicted octanol–water partition coefficient (Wildman–Crippen LogP) is 5.09. The highest BCUT2D eigenvalue weighted by molar-refractivity contribution is 5.69. The minimum atomic E-state index is -0.883. The number of carbonyl (C=O) groups is 1. The molecule has 0 amide bonds. The topological polar surface area (TPSA) is 85.2 Å². The van der Waals surface area contributed by atoms with Crippen LogP contribution in [-0.4, -0.2) is 59.9 Å².